The number of methoxy groups -OCH3 is 1. The maximum absolute atomic E-state index is 11.8. The Morgan fingerprint density at radius 1 is 1.35 bits per heavy atom. The quantitative estimate of drug-likeness (QED) is 0.750. The first-order valence-electron chi connectivity index (χ1n) is 6.84. The molecule has 0 spiro atoms. The van der Waals surface area contributed by atoms with E-state index in [0.29, 0.717) is 6.42 Å². The van der Waals surface area contributed by atoms with Gasteiger partial charge >= 0.3 is 5.97 Å². The maximum Gasteiger partial charge on any atom is 0.335 e. The second-order valence-electron chi connectivity index (χ2n) is 5.13. The van der Waals surface area contributed by atoms with Crippen molar-refractivity contribution in [1.82, 2.24) is 5.32 Å². The van der Waals surface area contributed by atoms with Crippen molar-refractivity contribution in [2.24, 2.45) is 0 Å². The van der Waals surface area contributed by atoms with Gasteiger partial charge in [0.1, 0.15) is 0 Å². The monoisotopic (exact) mass is 343 g/mol. The number of nitrogens with one attached hydrogen (secondary N) is 1. The van der Waals surface area contributed by atoms with Crippen LogP contribution in [0.25, 0.3) is 0 Å². The van der Waals surface area contributed by atoms with E-state index in [1.807, 2.05) is 0 Å². The highest BCUT2D eigenvalue weighted by molar-refractivity contribution is 7.91. The van der Waals surface area contributed by atoms with Crippen LogP contribution in [0.3, 0.4) is 0 Å². The van der Waals surface area contributed by atoms with Gasteiger partial charge < -0.3 is 19.9 Å². The lowest BCUT2D eigenvalue weighted by atomic mass is 10.2. The molecular formula is C14H17NO7S. The largest absolute Gasteiger partial charge is 0.493 e. The number of sulfone groups is 1. The minimum atomic E-state index is -3.06. The average molecular weight is 343 g/mol. The number of carboxylic acids is 1. The Morgan fingerprint density at radius 3 is 2.65 bits per heavy atom. The van der Waals surface area contributed by atoms with Crippen molar-refractivity contribution in [2.75, 3.05) is 25.2 Å². The lowest BCUT2D eigenvalue weighted by Gasteiger charge is -2.13. The van der Waals surface area contributed by atoms with E-state index < -0.39 is 27.8 Å². The predicted molar refractivity (Wildman–Crippen MR) is 80.6 cm³/mol. The third kappa shape index (κ3) is 4.59. The normalized spacial score (nSPS) is 19.1. The summed E-state index contributed by atoms with van der Waals surface area (Å²) in [5.74, 6) is -1.11. The number of amides is 1. The van der Waals surface area contributed by atoms with Crippen molar-refractivity contribution in [1.29, 1.82) is 0 Å². The molecule has 1 aliphatic rings. The molecule has 1 amide bonds. The molecule has 1 fully saturated rings. The number of carbonyl (C=O) groups excluding carboxylic acids is 1. The van der Waals surface area contributed by atoms with E-state index in [9.17, 15) is 18.0 Å². The number of hydrogen-bond donors (Lipinski definition) is 2. The van der Waals surface area contributed by atoms with E-state index in [1.165, 1.54) is 25.3 Å². The van der Waals surface area contributed by atoms with Crippen LogP contribution in [0.5, 0.6) is 11.5 Å². The van der Waals surface area contributed by atoms with Gasteiger partial charge in [-0.05, 0) is 24.6 Å². The van der Waals surface area contributed by atoms with Crippen LogP contribution < -0.4 is 14.8 Å². The Kier molecular flexibility index (Phi) is 5.09. The standard InChI is InChI=1S/C14H17NO7S/c1-21-12-6-9(14(17)18)2-3-11(12)22-7-13(16)15-10-4-5-23(19,20)8-10/h2-3,6,10H,4-5,7-8H2,1H3,(H,15,16)(H,17,18)/t10-/m1/s1. The third-order valence-electron chi connectivity index (χ3n) is 3.37. The summed E-state index contributed by atoms with van der Waals surface area (Å²) in [6.07, 6.45) is 0.394. The number of hydrogen-bond acceptors (Lipinski definition) is 6. The molecule has 126 valence electrons. The SMILES string of the molecule is COc1cc(C(=O)O)ccc1OCC(=O)N[C@@H]1CCS(=O)(=O)C1. The molecule has 0 unspecified atom stereocenters. The van der Waals surface area contributed by atoms with Crippen LogP contribution >= 0.6 is 0 Å². The Morgan fingerprint density at radius 2 is 2.09 bits per heavy atom. The second kappa shape index (κ2) is 6.86. The van der Waals surface area contributed by atoms with E-state index in [4.69, 9.17) is 14.6 Å². The summed E-state index contributed by atoms with van der Waals surface area (Å²) < 4.78 is 33.0. The molecule has 0 saturated carbocycles. The molecule has 0 radical (unpaired) electrons. The molecule has 23 heavy (non-hydrogen) atoms. The van der Waals surface area contributed by atoms with Gasteiger partial charge in [0.2, 0.25) is 0 Å². The molecule has 9 heteroatoms. The fraction of sp³-hybridized carbons (Fsp3) is 0.429. The fourth-order valence-corrected chi connectivity index (χ4v) is 3.91. The summed E-state index contributed by atoms with van der Waals surface area (Å²) in [5.41, 5.74) is 0.0369. The topological polar surface area (TPSA) is 119 Å². The molecule has 0 bridgehead atoms. The highest BCUT2D eigenvalue weighted by Gasteiger charge is 2.28. The summed E-state index contributed by atoms with van der Waals surface area (Å²) >= 11 is 0. The van der Waals surface area contributed by atoms with Crippen molar-refractivity contribution in [2.45, 2.75) is 12.5 Å². The highest BCUT2D eigenvalue weighted by Crippen LogP contribution is 2.28. The van der Waals surface area contributed by atoms with E-state index in [1.54, 1.807) is 0 Å². The molecule has 2 rings (SSSR count). The molecule has 1 aliphatic heterocycles. The van der Waals surface area contributed by atoms with Crippen molar-refractivity contribution < 1.29 is 32.6 Å². The molecule has 1 heterocycles. The van der Waals surface area contributed by atoms with E-state index in [-0.39, 0.29) is 35.2 Å². The van der Waals surface area contributed by atoms with Crippen LogP contribution in [0, 0.1) is 0 Å². The number of carboxylic acid groups (broad SMARTS) is 1. The Labute approximate surface area is 133 Å². The zero-order chi connectivity index (χ0) is 17.0. The highest BCUT2D eigenvalue weighted by atomic mass is 32.2. The third-order valence-corrected chi connectivity index (χ3v) is 5.13. The Bertz CT molecular complexity index is 714. The van der Waals surface area contributed by atoms with Gasteiger partial charge in [-0.2, -0.15) is 0 Å². The smallest absolute Gasteiger partial charge is 0.335 e. The van der Waals surface area contributed by atoms with Crippen LogP contribution in [-0.4, -0.2) is 56.7 Å². The second-order valence-corrected chi connectivity index (χ2v) is 7.36. The summed E-state index contributed by atoms with van der Waals surface area (Å²) in [6, 6.07) is 3.63. The van der Waals surface area contributed by atoms with Crippen LogP contribution in [0.4, 0.5) is 0 Å². The van der Waals surface area contributed by atoms with Gasteiger partial charge in [0, 0.05) is 6.04 Å². The summed E-state index contributed by atoms with van der Waals surface area (Å²) in [7, 11) is -1.70. The molecular weight excluding hydrogens is 326 g/mol. The van der Waals surface area contributed by atoms with Crippen molar-refractivity contribution in [3.8, 4) is 11.5 Å². The summed E-state index contributed by atoms with van der Waals surface area (Å²) in [5, 5.41) is 11.5. The molecule has 0 aromatic heterocycles. The lowest BCUT2D eigenvalue weighted by molar-refractivity contribution is -0.123. The van der Waals surface area contributed by atoms with Gasteiger partial charge in [0.25, 0.3) is 5.91 Å². The summed E-state index contributed by atoms with van der Waals surface area (Å²) in [6.45, 7) is -0.320. The van der Waals surface area contributed by atoms with Crippen LogP contribution in [0.2, 0.25) is 0 Å². The van der Waals surface area contributed by atoms with Gasteiger partial charge in [-0.1, -0.05) is 0 Å². The van der Waals surface area contributed by atoms with Crippen molar-refractivity contribution >= 4 is 21.7 Å². The molecule has 1 aromatic carbocycles. The van der Waals surface area contributed by atoms with Crippen LogP contribution in [0.15, 0.2) is 18.2 Å². The number of ether oxygens (including phenoxy) is 2. The Hall–Kier alpha value is -2.29. The fourth-order valence-electron chi connectivity index (χ4n) is 2.24. The number of benzene rings is 1. The molecule has 2 N–H and O–H groups in total. The molecule has 1 saturated heterocycles. The van der Waals surface area contributed by atoms with Crippen molar-refractivity contribution in [3.05, 3.63) is 23.8 Å². The first kappa shape index (κ1) is 17.1. The molecule has 8 nitrogen and oxygen atoms in total. The van der Waals surface area contributed by atoms with Crippen LogP contribution in [-0.2, 0) is 14.6 Å². The van der Waals surface area contributed by atoms with Gasteiger partial charge in [-0.3, -0.25) is 4.79 Å². The van der Waals surface area contributed by atoms with Gasteiger partial charge in [0.15, 0.2) is 27.9 Å². The van der Waals surface area contributed by atoms with Gasteiger partial charge in [-0.25, -0.2) is 13.2 Å². The zero-order valence-corrected chi connectivity index (χ0v) is 13.3. The number of aromatic carboxylic acids is 1. The predicted octanol–water partition coefficient (Wildman–Crippen LogP) is 0.0755. The van der Waals surface area contributed by atoms with E-state index >= 15 is 0 Å². The maximum atomic E-state index is 11.8. The van der Waals surface area contributed by atoms with Crippen LogP contribution in [0.1, 0.15) is 16.8 Å². The minimum absolute atomic E-state index is 0.0369. The first-order valence-corrected chi connectivity index (χ1v) is 8.67. The first-order chi connectivity index (χ1) is 10.8. The number of rotatable bonds is 6. The molecule has 0 aliphatic carbocycles. The number of carbonyl (C=O) groups is 2. The molecule has 1 atom stereocenters. The Balaban J connectivity index is 1.92. The zero-order valence-electron chi connectivity index (χ0n) is 12.4. The van der Waals surface area contributed by atoms with Gasteiger partial charge in [-0.15, -0.1) is 0 Å². The van der Waals surface area contributed by atoms with Gasteiger partial charge in [0.05, 0.1) is 24.2 Å². The van der Waals surface area contributed by atoms with Crippen molar-refractivity contribution in [3.63, 3.8) is 0 Å². The lowest BCUT2D eigenvalue weighted by Crippen LogP contribution is -2.38. The summed E-state index contributed by atoms with van der Waals surface area (Å²) in [4.78, 5) is 22.7. The minimum Gasteiger partial charge on any atom is -0.493 e. The molecule has 1 aromatic rings. The van der Waals surface area contributed by atoms with E-state index in [2.05, 4.69) is 5.32 Å². The average Bonchev–Trinajstić information content (AvgIpc) is 2.83. The van der Waals surface area contributed by atoms with E-state index in [0.717, 1.165) is 0 Å².